The maximum absolute atomic E-state index is 13.2. The van der Waals surface area contributed by atoms with E-state index in [2.05, 4.69) is 50.9 Å². The highest BCUT2D eigenvalue weighted by Crippen LogP contribution is 2.45. The molecule has 3 aromatic rings. The van der Waals surface area contributed by atoms with Gasteiger partial charge in [-0.05, 0) is 101 Å². The number of imide groups is 2. The number of nitrogens with zero attached hydrogens (tertiary/aromatic N) is 5. The normalized spacial score (nSPS) is 25.0. The van der Waals surface area contributed by atoms with Gasteiger partial charge in [-0.3, -0.25) is 39.1 Å². The smallest absolute Gasteiger partial charge is 0.262 e. The Bertz CT molecular complexity index is 1730. The van der Waals surface area contributed by atoms with Crippen LogP contribution < -0.4 is 16.0 Å². The molecule has 5 aliphatic rings. The van der Waals surface area contributed by atoms with Crippen molar-refractivity contribution in [2.45, 2.75) is 75.4 Å². The number of carbonyl (C=O) groups is 4. The Hall–Kier alpha value is -4.58. The number of aromatic nitrogens is 3. The third-order valence-corrected chi connectivity index (χ3v) is 10.5. The second-order valence-electron chi connectivity index (χ2n) is 13.9. The minimum atomic E-state index is -0.965. The van der Waals surface area contributed by atoms with Crippen LogP contribution in [-0.4, -0.2) is 87.0 Å². The Kier molecular flexibility index (Phi) is 7.54. The summed E-state index contributed by atoms with van der Waals surface area (Å²) in [6.07, 6.45) is 11.0. The Morgan fingerprint density at radius 3 is 2.38 bits per heavy atom. The fourth-order valence-electron chi connectivity index (χ4n) is 7.40. The van der Waals surface area contributed by atoms with Crippen molar-refractivity contribution < 1.29 is 19.2 Å². The molecule has 8 rings (SSSR count). The van der Waals surface area contributed by atoms with Crippen LogP contribution in [0.5, 0.6) is 0 Å². The fraction of sp³-hybridized carbons (Fsp3) is 0.486. The summed E-state index contributed by atoms with van der Waals surface area (Å²) >= 11 is 0. The zero-order valence-electron chi connectivity index (χ0n) is 26.6. The van der Waals surface area contributed by atoms with E-state index in [0.29, 0.717) is 23.9 Å². The third kappa shape index (κ3) is 5.79. The van der Waals surface area contributed by atoms with E-state index in [1.807, 2.05) is 6.20 Å². The van der Waals surface area contributed by atoms with Crippen molar-refractivity contribution in [3.63, 3.8) is 0 Å². The zero-order chi connectivity index (χ0) is 32.2. The van der Waals surface area contributed by atoms with Crippen LogP contribution in [0.15, 0.2) is 42.7 Å². The minimum absolute atomic E-state index is 0.0984. The van der Waals surface area contributed by atoms with Crippen LogP contribution in [0.4, 0.5) is 11.4 Å². The van der Waals surface area contributed by atoms with E-state index in [0.717, 1.165) is 72.8 Å². The highest BCUT2D eigenvalue weighted by molar-refractivity contribution is 6.23. The summed E-state index contributed by atoms with van der Waals surface area (Å²) in [6.45, 7) is 2.98. The van der Waals surface area contributed by atoms with Gasteiger partial charge in [-0.15, -0.1) is 0 Å². The van der Waals surface area contributed by atoms with Gasteiger partial charge in [0.05, 0.1) is 40.4 Å². The Morgan fingerprint density at radius 2 is 1.66 bits per heavy atom. The Balaban J connectivity index is 0.877. The largest absolute Gasteiger partial charge is 0.385 e. The van der Waals surface area contributed by atoms with Gasteiger partial charge >= 0.3 is 0 Å². The van der Waals surface area contributed by atoms with Gasteiger partial charge in [0, 0.05) is 42.4 Å². The Labute approximate surface area is 273 Å². The number of nitrogens with one attached hydrogen (secondary N) is 3. The number of hydrogen-bond donors (Lipinski definition) is 3. The maximum Gasteiger partial charge on any atom is 0.262 e. The third-order valence-electron chi connectivity index (χ3n) is 10.5. The number of fused-ring (bicyclic) bond motifs is 1. The van der Waals surface area contributed by atoms with E-state index in [9.17, 15) is 19.2 Å². The lowest BCUT2D eigenvalue weighted by Gasteiger charge is -2.35. The molecule has 1 aromatic carbocycles. The molecule has 0 radical (unpaired) electrons. The monoisotopic (exact) mass is 636 g/mol. The Morgan fingerprint density at radius 1 is 0.894 bits per heavy atom. The van der Waals surface area contributed by atoms with E-state index in [1.165, 1.54) is 18.5 Å². The van der Waals surface area contributed by atoms with E-state index < -0.39 is 23.8 Å². The first kappa shape index (κ1) is 29.8. The standard InChI is InChI=1S/C35H40N8O4/c1-41-12-10-22(11-13-41)38-24-5-7-29(37-18-24)28-19-42(40-32(28)21-2-3-21)25-14-20(15-25)17-36-23-4-6-26-27(16-23)35(47)43(34(26)46)30-8-9-31(44)39-33(30)45/h4-7,16,18-22,25,30,36,38H,2-3,8-15,17H2,1H3,(H,39,44,45)/t20-,25-,30?. The fourth-order valence-corrected chi connectivity index (χ4v) is 7.40. The molecule has 1 atom stereocenters. The molecule has 12 heteroatoms. The lowest BCUT2D eigenvalue weighted by molar-refractivity contribution is -0.136. The summed E-state index contributed by atoms with van der Waals surface area (Å²) in [7, 11) is 2.18. The second kappa shape index (κ2) is 11.9. The zero-order valence-corrected chi connectivity index (χ0v) is 26.6. The quantitative estimate of drug-likeness (QED) is 0.299. The number of hydrogen-bond acceptors (Lipinski definition) is 9. The van der Waals surface area contributed by atoms with Gasteiger partial charge in [0.25, 0.3) is 11.8 Å². The SMILES string of the molecule is CN1CCC(Nc2ccc(-c3cn([C@H]4C[C@H](CNc5ccc6c(c5)C(=O)N(C5CCC(=O)NC5=O)C6=O)C4)nc3C3CC3)nc2)CC1. The summed E-state index contributed by atoms with van der Waals surface area (Å²) < 4.78 is 2.15. The molecular weight excluding hydrogens is 596 g/mol. The molecule has 2 aromatic heterocycles. The average Bonchev–Trinajstić information content (AvgIpc) is 3.76. The van der Waals surface area contributed by atoms with Crippen LogP contribution in [0.25, 0.3) is 11.3 Å². The number of amides is 4. The van der Waals surface area contributed by atoms with E-state index >= 15 is 0 Å². The summed E-state index contributed by atoms with van der Waals surface area (Å²) in [5, 5.41) is 14.4. The topological polar surface area (TPSA) is 142 Å². The van der Waals surface area contributed by atoms with Gasteiger partial charge in [0.2, 0.25) is 11.8 Å². The molecule has 47 heavy (non-hydrogen) atoms. The molecule has 4 fully saturated rings. The lowest BCUT2D eigenvalue weighted by Crippen LogP contribution is -2.54. The molecule has 3 N–H and O–H groups in total. The molecule has 0 bridgehead atoms. The van der Waals surface area contributed by atoms with Gasteiger partial charge in [-0.2, -0.15) is 5.10 Å². The van der Waals surface area contributed by atoms with Crippen molar-refractivity contribution in [1.82, 2.24) is 29.9 Å². The molecule has 2 aliphatic carbocycles. The molecule has 2 saturated carbocycles. The van der Waals surface area contributed by atoms with Gasteiger partial charge in [0.1, 0.15) is 6.04 Å². The molecule has 1 unspecified atom stereocenters. The van der Waals surface area contributed by atoms with Crippen molar-refractivity contribution >= 4 is 35.0 Å². The molecule has 244 valence electrons. The number of anilines is 2. The molecule has 2 saturated heterocycles. The number of benzene rings is 1. The van der Waals surface area contributed by atoms with E-state index in [-0.39, 0.29) is 29.9 Å². The summed E-state index contributed by atoms with van der Waals surface area (Å²) in [5.41, 5.74) is 5.69. The molecule has 5 heterocycles. The predicted octanol–water partition coefficient (Wildman–Crippen LogP) is 3.79. The van der Waals surface area contributed by atoms with Crippen LogP contribution in [0.1, 0.15) is 89.7 Å². The first-order valence-electron chi connectivity index (χ1n) is 16.9. The summed E-state index contributed by atoms with van der Waals surface area (Å²) in [5.74, 6) is -1.01. The van der Waals surface area contributed by atoms with Crippen LogP contribution >= 0.6 is 0 Å². The first-order valence-corrected chi connectivity index (χ1v) is 16.9. The highest BCUT2D eigenvalue weighted by Gasteiger charge is 2.44. The molecule has 0 spiro atoms. The van der Waals surface area contributed by atoms with Crippen molar-refractivity contribution in [2.75, 3.05) is 37.3 Å². The van der Waals surface area contributed by atoms with Gasteiger partial charge in [-0.1, -0.05) is 0 Å². The summed E-state index contributed by atoms with van der Waals surface area (Å²) in [4.78, 5) is 58.3. The minimum Gasteiger partial charge on any atom is -0.385 e. The van der Waals surface area contributed by atoms with Crippen LogP contribution in [0.2, 0.25) is 0 Å². The predicted molar refractivity (Wildman–Crippen MR) is 175 cm³/mol. The van der Waals surface area contributed by atoms with Crippen molar-refractivity contribution in [2.24, 2.45) is 5.92 Å². The average molecular weight is 637 g/mol. The van der Waals surface area contributed by atoms with Crippen molar-refractivity contribution in [3.05, 3.63) is 59.5 Å². The number of likely N-dealkylation sites (tertiary alicyclic amines) is 1. The molecule has 12 nitrogen and oxygen atoms in total. The second-order valence-corrected chi connectivity index (χ2v) is 13.9. The lowest BCUT2D eigenvalue weighted by atomic mass is 9.80. The number of carbonyl (C=O) groups excluding carboxylic acids is 4. The number of pyridine rings is 1. The van der Waals surface area contributed by atoms with Crippen LogP contribution in [0, 0.1) is 5.92 Å². The number of piperidine rings is 2. The first-order chi connectivity index (χ1) is 22.8. The van der Waals surface area contributed by atoms with Gasteiger partial charge in [0.15, 0.2) is 0 Å². The van der Waals surface area contributed by atoms with Crippen LogP contribution in [-0.2, 0) is 9.59 Å². The number of rotatable bonds is 9. The van der Waals surface area contributed by atoms with Gasteiger partial charge < -0.3 is 15.5 Å². The van der Waals surface area contributed by atoms with Crippen molar-refractivity contribution in [1.29, 1.82) is 0 Å². The summed E-state index contributed by atoms with van der Waals surface area (Å²) in [6, 6.07) is 9.27. The van der Waals surface area contributed by atoms with Gasteiger partial charge in [-0.25, -0.2) is 0 Å². The molecular formula is C35H40N8O4. The highest BCUT2D eigenvalue weighted by atomic mass is 16.2. The van der Waals surface area contributed by atoms with Crippen LogP contribution in [0.3, 0.4) is 0 Å². The molecule has 3 aliphatic heterocycles. The maximum atomic E-state index is 13.2. The molecule has 4 amide bonds. The van der Waals surface area contributed by atoms with Crippen molar-refractivity contribution in [3.8, 4) is 11.3 Å². The van der Waals surface area contributed by atoms with E-state index in [1.54, 1.807) is 18.2 Å². The van der Waals surface area contributed by atoms with E-state index in [4.69, 9.17) is 10.1 Å².